The van der Waals surface area contributed by atoms with Gasteiger partial charge in [-0.05, 0) is 36.1 Å². The minimum Gasteiger partial charge on any atom is -0.497 e. The van der Waals surface area contributed by atoms with Crippen molar-refractivity contribution in [3.63, 3.8) is 0 Å². The molecule has 30 heavy (non-hydrogen) atoms. The summed E-state index contributed by atoms with van der Waals surface area (Å²) in [5.74, 6) is 0.0593. The Hall–Kier alpha value is -2.45. The average molecular weight is 437 g/mol. The number of methoxy groups -OCH3 is 1. The van der Waals surface area contributed by atoms with Crippen LogP contribution in [0, 0.1) is 11.7 Å². The van der Waals surface area contributed by atoms with Gasteiger partial charge in [-0.2, -0.15) is 4.31 Å². The molecule has 0 aromatic heterocycles. The van der Waals surface area contributed by atoms with E-state index in [0.29, 0.717) is 18.1 Å². The zero-order valence-electron chi connectivity index (χ0n) is 17.8. The van der Waals surface area contributed by atoms with Crippen LogP contribution in [-0.2, 0) is 21.4 Å². The summed E-state index contributed by atoms with van der Waals surface area (Å²) >= 11 is 0. The fourth-order valence-electron chi connectivity index (χ4n) is 3.09. The number of carbonyl (C=O) groups is 1. The maximum absolute atomic E-state index is 14.0. The number of benzene rings is 2. The lowest BCUT2D eigenvalue weighted by Crippen LogP contribution is -2.41. The van der Waals surface area contributed by atoms with E-state index >= 15 is 0 Å². The molecule has 1 amide bonds. The molecule has 2 rings (SSSR count). The van der Waals surface area contributed by atoms with Crippen LogP contribution in [0.25, 0.3) is 0 Å². The fraction of sp³-hybridized carbons (Fsp3) is 0.409. The lowest BCUT2D eigenvalue weighted by molar-refractivity contribution is -0.122. The molecule has 164 valence electrons. The van der Waals surface area contributed by atoms with Crippen molar-refractivity contribution in [1.82, 2.24) is 9.62 Å². The monoisotopic (exact) mass is 436 g/mol. The van der Waals surface area contributed by atoms with Gasteiger partial charge in [-0.1, -0.05) is 44.2 Å². The van der Waals surface area contributed by atoms with Crippen LogP contribution in [0.5, 0.6) is 5.75 Å². The van der Waals surface area contributed by atoms with E-state index in [-0.39, 0.29) is 18.2 Å². The molecule has 0 saturated heterocycles. The zero-order chi connectivity index (χ0) is 22.3. The van der Waals surface area contributed by atoms with Crippen LogP contribution in [0.1, 0.15) is 37.4 Å². The third-order valence-corrected chi connectivity index (χ3v) is 5.85. The number of nitrogens with one attached hydrogen (secondary N) is 1. The molecule has 0 radical (unpaired) electrons. The minimum atomic E-state index is -3.72. The van der Waals surface area contributed by atoms with E-state index in [2.05, 4.69) is 5.32 Å². The fourth-order valence-corrected chi connectivity index (χ4v) is 3.82. The van der Waals surface area contributed by atoms with Gasteiger partial charge >= 0.3 is 0 Å². The molecule has 0 spiro atoms. The van der Waals surface area contributed by atoms with Gasteiger partial charge < -0.3 is 10.1 Å². The van der Waals surface area contributed by atoms with E-state index in [0.717, 1.165) is 16.1 Å². The Morgan fingerprint density at radius 2 is 1.77 bits per heavy atom. The number of ether oxygens (including phenoxy) is 1. The Labute approximate surface area is 178 Å². The summed E-state index contributed by atoms with van der Waals surface area (Å²) in [6.45, 7) is 3.49. The highest BCUT2D eigenvalue weighted by atomic mass is 32.2. The second kappa shape index (κ2) is 10.5. The van der Waals surface area contributed by atoms with E-state index in [4.69, 9.17) is 4.74 Å². The summed E-state index contributed by atoms with van der Waals surface area (Å²) in [7, 11) is -2.14. The molecular weight excluding hydrogens is 407 g/mol. The van der Waals surface area contributed by atoms with Crippen LogP contribution >= 0.6 is 0 Å². The van der Waals surface area contributed by atoms with E-state index in [1.54, 1.807) is 13.2 Å². The predicted octanol–water partition coefficient (Wildman–Crippen LogP) is 3.50. The molecule has 0 aliphatic heterocycles. The third-order valence-electron chi connectivity index (χ3n) is 4.65. The molecule has 2 aromatic carbocycles. The first-order valence-electron chi connectivity index (χ1n) is 9.72. The molecule has 2 aromatic rings. The second-order valence-corrected chi connectivity index (χ2v) is 9.63. The number of nitrogens with zero attached hydrogens (tertiary/aromatic N) is 1. The highest BCUT2D eigenvalue weighted by Gasteiger charge is 2.24. The maximum Gasteiger partial charge on any atom is 0.235 e. The zero-order valence-corrected chi connectivity index (χ0v) is 18.6. The van der Waals surface area contributed by atoms with Gasteiger partial charge in [-0.25, -0.2) is 12.8 Å². The SMILES string of the molecule is COc1ccc(C(CC(C)C)NC(=O)CN(Cc2ccccc2F)S(C)(=O)=O)cc1. The van der Waals surface area contributed by atoms with Crippen LogP contribution in [-0.4, -0.2) is 38.5 Å². The second-order valence-electron chi connectivity index (χ2n) is 7.65. The molecule has 8 heteroatoms. The van der Waals surface area contributed by atoms with Gasteiger partial charge in [0.2, 0.25) is 15.9 Å². The van der Waals surface area contributed by atoms with Gasteiger partial charge in [0.1, 0.15) is 11.6 Å². The summed E-state index contributed by atoms with van der Waals surface area (Å²) in [4.78, 5) is 12.7. The van der Waals surface area contributed by atoms with Gasteiger partial charge in [0.25, 0.3) is 0 Å². The number of amides is 1. The lowest BCUT2D eigenvalue weighted by atomic mass is 9.97. The molecule has 0 saturated carbocycles. The Morgan fingerprint density at radius 3 is 2.30 bits per heavy atom. The predicted molar refractivity (Wildman–Crippen MR) is 115 cm³/mol. The van der Waals surface area contributed by atoms with Crippen molar-refractivity contribution in [2.24, 2.45) is 5.92 Å². The maximum atomic E-state index is 14.0. The quantitative estimate of drug-likeness (QED) is 0.619. The standard InChI is InChI=1S/C22H29FN2O4S/c1-16(2)13-21(17-9-11-19(29-3)12-10-17)24-22(26)15-25(30(4,27)28)14-18-7-5-6-8-20(18)23/h5-12,16,21H,13-15H2,1-4H3,(H,24,26). The van der Waals surface area contributed by atoms with Crippen molar-refractivity contribution in [2.45, 2.75) is 32.9 Å². The van der Waals surface area contributed by atoms with Crippen LogP contribution in [0.3, 0.4) is 0 Å². The Kier molecular flexibility index (Phi) is 8.37. The molecule has 1 atom stereocenters. The van der Waals surface area contributed by atoms with Crippen molar-refractivity contribution in [1.29, 1.82) is 0 Å². The highest BCUT2D eigenvalue weighted by Crippen LogP contribution is 2.24. The first kappa shape index (κ1) is 23.8. The molecule has 0 aliphatic rings. The minimum absolute atomic E-state index is 0.212. The van der Waals surface area contributed by atoms with Crippen LogP contribution in [0.4, 0.5) is 4.39 Å². The van der Waals surface area contributed by atoms with Gasteiger partial charge in [0, 0.05) is 12.1 Å². The first-order chi connectivity index (χ1) is 14.1. The third kappa shape index (κ3) is 7.11. The van der Waals surface area contributed by atoms with Crippen LogP contribution in [0.15, 0.2) is 48.5 Å². The molecule has 0 fully saturated rings. The van der Waals surface area contributed by atoms with Crippen LogP contribution in [0.2, 0.25) is 0 Å². The average Bonchev–Trinajstić information content (AvgIpc) is 2.67. The van der Waals surface area contributed by atoms with E-state index < -0.39 is 28.3 Å². The van der Waals surface area contributed by atoms with Gasteiger partial charge in [-0.15, -0.1) is 0 Å². The summed E-state index contributed by atoms with van der Waals surface area (Å²) in [6.07, 6.45) is 1.69. The van der Waals surface area contributed by atoms with E-state index in [1.165, 1.54) is 18.2 Å². The highest BCUT2D eigenvalue weighted by molar-refractivity contribution is 7.88. The Bertz CT molecular complexity index is 946. The smallest absolute Gasteiger partial charge is 0.235 e. The number of rotatable bonds is 10. The number of halogens is 1. The van der Waals surface area contributed by atoms with Crippen molar-refractivity contribution in [2.75, 3.05) is 19.9 Å². The summed E-state index contributed by atoms with van der Waals surface area (Å²) < 4.78 is 44.5. The van der Waals surface area contributed by atoms with Crippen molar-refractivity contribution in [3.8, 4) is 5.75 Å². The van der Waals surface area contributed by atoms with Gasteiger partial charge in [0.15, 0.2) is 0 Å². The summed E-state index contributed by atoms with van der Waals surface area (Å²) in [6, 6.07) is 13.0. The van der Waals surface area contributed by atoms with E-state index in [1.807, 2.05) is 38.1 Å². The molecule has 1 N–H and O–H groups in total. The van der Waals surface area contributed by atoms with Gasteiger partial charge in [-0.3, -0.25) is 4.79 Å². The summed E-state index contributed by atoms with van der Waals surface area (Å²) in [5, 5.41) is 2.93. The van der Waals surface area contributed by atoms with E-state index in [9.17, 15) is 17.6 Å². The van der Waals surface area contributed by atoms with Crippen molar-refractivity contribution in [3.05, 3.63) is 65.5 Å². The first-order valence-corrected chi connectivity index (χ1v) is 11.6. The van der Waals surface area contributed by atoms with Crippen LogP contribution < -0.4 is 10.1 Å². The number of carbonyl (C=O) groups excluding carboxylic acids is 1. The number of hydrogen-bond donors (Lipinski definition) is 1. The molecule has 0 bridgehead atoms. The molecule has 0 heterocycles. The summed E-state index contributed by atoms with van der Waals surface area (Å²) in [5.41, 5.74) is 1.11. The van der Waals surface area contributed by atoms with Crippen molar-refractivity contribution < 1.29 is 22.3 Å². The topological polar surface area (TPSA) is 75.7 Å². The Balaban J connectivity index is 2.16. The lowest BCUT2D eigenvalue weighted by Gasteiger charge is -2.24. The molecule has 1 unspecified atom stereocenters. The number of sulfonamides is 1. The largest absolute Gasteiger partial charge is 0.497 e. The van der Waals surface area contributed by atoms with Crippen molar-refractivity contribution >= 4 is 15.9 Å². The molecule has 0 aliphatic carbocycles. The Morgan fingerprint density at radius 1 is 1.13 bits per heavy atom. The number of hydrogen-bond acceptors (Lipinski definition) is 4. The molecule has 6 nitrogen and oxygen atoms in total. The normalized spacial score (nSPS) is 12.8. The molecular formula is C22H29FN2O4S. The van der Waals surface area contributed by atoms with Gasteiger partial charge in [0.05, 0.1) is 26.0 Å².